The minimum absolute atomic E-state index is 0.0654. The fourth-order valence-electron chi connectivity index (χ4n) is 2.06. The summed E-state index contributed by atoms with van der Waals surface area (Å²) < 4.78 is 1.05. The third kappa shape index (κ3) is 3.69. The van der Waals surface area contributed by atoms with Crippen molar-refractivity contribution >= 4 is 34.2 Å². The summed E-state index contributed by atoms with van der Waals surface area (Å²) >= 11 is 8.39. The van der Waals surface area contributed by atoms with Gasteiger partial charge in [0, 0.05) is 3.57 Å². The first-order valence-electron chi connectivity index (χ1n) is 6.07. The van der Waals surface area contributed by atoms with Gasteiger partial charge in [0.05, 0.1) is 11.1 Å². The van der Waals surface area contributed by atoms with E-state index in [1.54, 1.807) is 0 Å². The molecule has 2 aromatic rings. The van der Waals surface area contributed by atoms with E-state index in [4.69, 9.17) is 17.4 Å². The highest BCUT2D eigenvalue weighted by Gasteiger charge is 2.13. The predicted molar refractivity (Wildman–Crippen MR) is 89.1 cm³/mol. The molecule has 100 valence electrons. The Balaban J connectivity index is 2.25. The van der Waals surface area contributed by atoms with Crippen LogP contribution in [0.3, 0.4) is 0 Å². The Labute approximate surface area is 132 Å². The van der Waals surface area contributed by atoms with Crippen molar-refractivity contribution in [3.05, 3.63) is 67.7 Å². The molecule has 0 aromatic heterocycles. The van der Waals surface area contributed by atoms with Crippen LogP contribution >= 0.6 is 34.2 Å². The number of hydrogen-bond donors (Lipinski definition) is 2. The Hall–Kier alpha value is -0.620. The highest BCUT2D eigenvalue weighted by atomic mass is 127. The van der Waals surface area contributed by atoms with Gasteiger partial charge in [-0.1, -0.05) is 41.9 Å². The first-order valence-corrected chi connectivity index (χ1v) is 7.53. The Morgan fingerprint density at radius 1 is 1.26 bits per heavy atom. The van der Waals surface area contributed by atoms with Crippen LogP contribution in [0.5, 0.6) is 0 Å². The fraction of sp³-hybridized carbons (Fsp3) is 0.200. The van der Waals surface area contributed by atoms with Gasteiger partial charge in [-0.3, -0.25) is 11.3 Å². The minimum Gasteiger partial charge on any atom is -0.271 e. The molecular weight excluding hydrogens is 371 g/mol. The molecule has 0 saturated heterocycles. The molecule has 0 radical (unpaired) electrons. The second-order valence-corrected chi connectivity index (χ2v) is 6.09. The van der Waals surface area contributed by atoms with Crippen LogP contribution < -0.4 is 11.3 Å². The summed E-state index contributed by atoms with van der Waals surface area (Å²) in [5.41, 5.74) is 6.56. The van der Waals surface area contributed by atoms with Crippen molar-refractivity contribution in [3.8, 4) is 0 Å². The van der Waals surface area contributed by atoms with Gasteiger partial charge >= 0.3 is 0 Å². The van der Waals surface area contributed by atoms with E-state index in [0.29, 0.717) is 0 Å². The molecule has 0 aliphatic rings. The smallest absolute Gasteiger partial charge is 0.0542 e. The van der Waals surface area contributed by atoms with Crippen LogP contribution in [0.1, 0.15) is 22.7 Å². The molecule has 0 amide bonds. The summed E-state index contributed by atoms with van der Waals surface area (Å²) in [7, 11) is 0. The van der Waals surface area contributed by atoms with Gasteiger partial charge in [0.15, 0.2) is 0 Å². The van der Waals surface area contributed by atoms with Crippen LogP contribution in [0.25, 0.3) is 0 Å². The van der Waals surface area contributed by atoms with Crippen LogP contribution in [-0.4, -0.2) is 0 Å². The van der Waals surface area contributed by atoms with Crippen molar-refractivity contribution < 1.29 is 0 Å². The molecule has 0 spiro atoms. The van der Waals surface area contributed by atoms with Crippen molar-refractivity contribution in [2.75, 3.05) is 0 Å². The minimum atomic E-state index is 0.0654. The summed E-state index contributed by atoms with van der Waals surface area (Å²) in [6.45, 7) is 2.11. The number of nitrogens with one attached hydrogen (secondary N) is 1. The summed E-state index contributed by atoms with van der Waals surface area (Å²) in [6.07, 6.45) is 0.847. The number of benzene rings is 2. The third-order valence-corrected chi connectivity index (χ3v) is 4.80. The van der Waals surface area contributed by atoms with Gasteiger partial charge in [0.25, 0.3) is 0 Å². The number of hydrazine groups is 1. The van der Waals surface area contributed by atoms with E-state index in [-0.39, 0.29) is 6.04 Å². The highest BCUT2D eigenvalue weighted by molar-refractivity contribution is 14.1. The zero-order valence-corrected chi connectivity index (χ0v) is 13.6. The molecule has 0 fully saturated rings. The van der Waals surface area contributed by atoms with Crippen molar-refractivity contribution in [2.24, 2.45) is 5.84 Å². The molecule has 1 unspecified atom stereocenters. The van der Waals surface area contributed by atoms with E-state index in [0.717, 1.165) is 20.6 Å². The van der Waals surface area contributed by atoms with E-state index in [1.165, 1.54) is 11.1 Å². The van der Waals surface area contributed by atoms with Crippen LogP contribution in [0.2, 0.25) is 5.02 Å². The molecule has 0 heterocycles. The molecule has 3 N–H and O–H groups in total. The average molecular weight is 387 g/mol. The van der Waals surface area contributed by atoms with Gasteiger partial charge in [0.2, 0.25) is 0 Å². The van der Waals surface area contributed by atoms with Crippen LogP contribution in [-0.2, 0) is 6.42 Å². The van der Waals surface area contributed by atoms with Gasteiger partial charge in [-0.05, 0) is 64.8 Å². The second-order valence-electron chi connectivity index (χ2n) is 4.52. The van der Waals surface area contributed by atoms with Crippen molar-refractivity contribution in [2.45, 2.75) is 19.4 Å². The molecule has 0 saturated carbocycles. The van der Waals surface area contributed by atoms with Crippen LogP contribution in [0.15, 0.2) is 42.5 Å². The average Bonchev–Trinajstić information content (AvgIpc) is 2.41. The van der Waals surface area contributed by atoms with Gasteiger partial charge in [-0.25, -0.2) is 0 Å². The summed E-state index contributed by atoms with van der Waals surface area (Å²) in [5.74, 6) is 5.70. The van der Waals surface area contributed by atoms with Gasteiger partial charge in [0.1, 0.15) is 0 Å². The fourth-order valence-corrected chi connectivity index (χ4v) is 2.59. The highest BCUT2D eigenvalue weighted by Crippen LogP contribution is 2.25. The molecule has 2 nitrogen and oxygen atoms in total. The topological polar surface area (TPSA) is 38.0 Å². The number of nitrogens with two attached hydrogens (primary N) is 1. The largest absolute Gasteiger partial charge is 0.271 e. The lowest BCUT2D eigenvalue weighted by Crippen LogP contribution is -2.29. The monoisotopic (exact) mass is 386 g/mol. The maximum absolute atomic E-state index is 6.17. The zero-order valence-electron chi connectivity index (χ0n) is 10.7. The van der Waals surface area contributed by atoms with E-state index < -0.39 is 0 Å². The van der Waals surface area contributed by atoms with Gasteiger partial charge in [-0.15, -0.1) is 0 Å². The molecule has 19 heavy (non-hydrogen) atoms. The number of halogens is 2. The van der Waals surface area contributed by atoms with E-state index in [2.05, 4.69) is 59.2 Å². The van der Waals surface area contributed by atoms with Crippen molar-refractivity contribution in [1.29, 1.82) is 0 Å². The predicted octanol–water partition coefficient (Wildman–Crippen LogP) is 4.00. The molecular formula is C15H16ClIN2. The summed E-state index contributed by atoms with van der Waals surface area (Å²) in [4.78, 5) is 0. The SMILES string of the molecule is Cc1ccccc1CC(NN)c1ccc(I)c(Cl)c1. The maximum atomic E-state index is 6.17. The Morgan fingerprint density at radius 2 is 2.00 bits per heavy atom. The van der Waals surface area contributed by atoms with E-state index >= 15 is 0 Å². The number of aryl methyl sites for hydroxylation is 1. The van der Waals surface area contributed by atoms with Crippen LogP contribution in [0.4, 0.5) is 0 Å². The zero-order chi connectivity index (χ0) is 13.8. The van der Waals surface area contributed by atoms with Crippen molar-refractivity contribution in [1.82, 2.24) is 5.43 Å². The lowest BCUT2D eigenvalue weighted by Gasteiger charge is -2.18. The molecule has 0 aliphatic carbocycles. The van der Waals surface area contributed by atoms with Crippen LogP contribution in [0, 0.1) is 10.5 Å². The second kappa shape index (κ2) is 6.70. The number of hydrogen-bond acceptors (Lipinski definition) is 2. The van der Waals surface area contributed by atoms with Gasteiger partial charge in [-0.2, -0.15) is 0 Å². The van der Waals surface area contributed by atoms with E-state index in [9.17, 15) is 0 Å². The molecule has 2 aromatic carbocycles. The summed E-state index contributed by atoms with van der Waals surface area (Å²) in [6, 6.07) is 14.5. The van der Waals surface area contributed by atoms with E-state index in [1.807, 2.05) is 18.2 Å². The summed E-state index contributed by atoms with van der Waals surface area (Å²) in [5, 5.41) is 0.767. The lowest BCUT2D eigenvalue weighted by molar-refractivity contribution is 0.551. The normalized spacial score (nSPS) is 12.4. The quantitative estimate of drug-likeness (QED) is 0.473. The molecule has 2 rings (SSSR count). The maximum Gasteiger partial charge on any atom is 0.0542 e. The molecule has 0 bridgehead atoms. The van der Waals surface area contributed by atoms with Crippen molar-refractivity contribution in [3.63, 3.8) is 0 Å². The first-order chi connectivity index (χ1) is 9.11. The molecule has 1 atom stereocenters. The Bertz CT molecular complexity index is 572. The first kappa shape index (κ1) is 14.8. The Kier molecular flexibility index (Phi) is 5.21. The standard InChI is InChI=1S/C15H16ClIN2/c1-10-4-2-3-5-11(10)9-15(19-18)12-6-7-14(17)13(16)8-12/h2-8,15,19H,9,18H2,1H3. The molecule has 4 heteroatoms. The molecule has 0 aliphatic heterocycles. The Morgan fingerprint density at radius 3 is 2.63 bits per heavy atom. The lowest BCUT2D eigenvalue weighted by atomic mass is 9.96. The number of rotatable bonds is 4. The van der Waals surface area contributed by atoms with Gasteiger partial charge < -0.3 is 0 Å². The third-order valence-electron chi connectivity index (χ3n) is 3.23.